The molecule has 0 radical (unpaired) electrons. The van der Waals surface area contributed by atoms with Crippen molar-refractivity contribution in [1.82, 2.24) is 14.9 Å². The Morgan fingerprint density at radius 2 is 1.98 bits per heavy atom. The summed E-state index contributed by atoms with van der Waals surface area (Å²) in [6, 6.07) is 8.31. The van der Waals surface area contributed by atoms with E-state index in [0.717, 1.165) is 41.1 Å². The molecule has 1 aromatic carbocycles. The minimum absolute atomic E-state index is 0.0649. The summed E-state index contributed by atoms with van der Waals surface area (Å²) in [6.07, 6.45) is 6.98. The Labute approximate surface area is 244 Å². The van der Waals surface area contributed by atoms with E-state index in [9.17, 15) is 18.4 Å². The van der Waals surface area contributed by atoms with Crippen molar-refractivity contribution in [3.05, 3.63) is 71.4 Å². The number of pyridine rings is 2. The van der Waals surface area contributed by atoms with Crippen LogP contribution in [0.4, 0.5) is 13.6 Å². The summed E-state index contributed by atoms with van der Waals surface area (Å²) in [5.41, 5.74) is 1.88. The number of carbonyl (C=O) groups excluding carboxylic acids is 2. The third-order valence-electron chi connectivity index (χ3n) is 7.08. The third kappa shape index (κ3) is 8.09. The van der Waals surface area contributed by atoms with Gasteiger partial charge in [-0.25, -0.2) is 18.6 Å². The molecule has 3 heterocycles. The van der Waals surface area contributed by atoms with Crippen molar-refractivity contribution in [3.8, 4) is 5.88 Å². The molecule has 0 N–H and O–H groups in total. The van der Waals surface area contributed by atoms with E-state index < -0.39 is 35.5 Å². The molecule has 0 saturated carbocycles. The Morgan fingerprint density at radius 3 is 2.71 bits per heavy atom. The molecular weight excluding hydrogens is 544 g/mol. The molecule has 1 aliphatic rings. The van der Waals surface area contributed by atoms with Gasteiger partial charge in [-0.1, -0.05) is 12.2 Å². The molecule has 0 aliphatic carbocycles. The highest BCUT2D eigenvalue weighted by molar-refractivity contribution is 5.78. The van der Waals surface area contributed by atoms with Crippen molar-refractivity contribution >= 4 is 29.5 Å². The maximum absolute atomic E-state index is 14.2. The number of aromatic nitrogens is 2. The van der Waals surface area contributed by atoms with Crippen molar-refractivity contribution in [2.45, 2.75) is 76.7 Å². The van der Waals surface area contributed by atoms with Crippen LogP contribution in [0.3, 0.4) is 0 Å². The van der Waals surface area contributed by atoms with Crippen molar-refractivity contribution in [1.29, 1.82) is 0 Å². The monoisotopic (exact) mass is 581 g/mol. The second kappa shape index (κ2) is 13.8. The van der Waals surface area contributed by atoms with Gasteiger partial charge in [0, 0.05) is 30.8 Å². The van der Waals surface area contributed by atoms with Crippen LogP contribution in [0.25, 0.3) is 17.1 Å². The lowest BCUT2D eigenvalue weighted by Crippen LogP contribution is -2.53. The predicted molar refractivity (Wildman–Crippen MR) is 155 cm³/mol. The van der Waals surface area contributed by atoms with E-state index in [1.807, 2.05) is 12.1 Å². The highest BCUT2D eigenvalue weighted by Crippen LogP contribution is 2.30. The van der Waals surface area contributed by atoms with Gasteiger partial charge in [-0.2, -0.15) is 0 Å². The van der Waals surface area contributed by atoms with E-state index in [1.54, 1.807) is 46.2 Å². The molecule has 2 aromatic heterocycles. The number of methoxy groups -OCH3 is 1. The smallest absolute Gasteiger partial charge is 0.410 e. The third-order valence-corrected chi connectivity index (χ3v) is 7.08. The predicted octanol–water partition coefficient (Wildman–Crippen LogP) is 6.30. The van der Waals surface area contributed by atoms with E-state index in [1.165, 1.54) is 11.0 Å². The lowest BCUT2D eigenvalue weighted by Gasteiger charge is -2.42. The highest BCUT2D eigenvalue weighted by atomic mass is 19.1. The Hall–Kier alpha value is -3.92. The zero-order valence-electron chi connectivity index (χ0n) is 24.4. The van der Waals surface area contributed by atoms with Crippen LogP contribution in [0, 0.1) is 11.6 Å². The minimum Gasteiger partial charge on any atom is -0.481 e. The fourth-order valence-corrected chi connectivity index (χ4v) is 5.12. The Balaban J connectivity index is 1.49. The lowest BCUT2D eigenvalue weighted by atomic mass is 9.92. The number of ether oxygens (including phenoxy) is 3. The normalized spacial score (nSPS) is 19.1. The maximum Gasteiger partial charge on any atom is 0.410 e. The number of hydrogen-bond donors (Lipinski definition) is 0. The van der Waals surface area contributed by atoms with E-state index in [0.29, 0.717) is 31.6 Å². The highest BCUT2D eigenvalue weighted by Gasteiger charge is 2.38. The second-order valence-electron chi connectivity index (χ2n) is 11.3. The molecule has 1 aliphatic heterocycles. The van der Waals surface area contributed by atoms with Gasteiger partial charge in [0.2, 0.25) is 5.88 Å². The molecule has 8 nitrogen and oxygen atoms in total. The van der Waals surface area contributed by atoms with Crippen LogP contribution >= 0.6 is 0 Å². The van der Waals surface area contributed by atoms with Gasteiger partial charge in [-0.3, -0.25) is 9.88 Å². The number of halogens is 2. The molecule has 42 heavy (non-hydrogen) atoms. The largest absolute Gasteiger partial charge is 0.481 e. The van der Waals surface area contributed by atoms with Crippen LogP contribution in [0.15, 0.2) is 48.7 Å². The van der Waals surface area contributed by atoms with Crippen LogP contribution in [-0.2, 0) is 20.7 Å². The van der Waals surface area contributed by atoms with Gasteiger partial charge in [0.25, 0.3) is 0 Å². The van der Waals surface area contributed by atoms with Crippen LogP contribution in [0.5, 0.6) is 5.88 Å². The summed E-state index contributed by atoms with van der Waals surface area (Å²) >= 11 is 0. The van der Waals surface area contributed by atoms with Gasteiger partial charge in [0.1, 0.15) is 23.5 Å². The lowest BCUT2D eigenvalue weighted by molar-refractivity contribution is -0.122. The molecular formula is C32H37F2N3O5. The molecule has 1 saturated heterocycles. The first-order valence-electron chi connectivity index (χ1n) is 14.1. The number of fused-ring (bicyclic) bond motifs is 1. The summed E-state index contributed by atoms with van der Waals surface area (Å²) in [5, 5.41) is 0. The molecule has 10 heteroatoms. The van der Waals surface area contributed by atoms with Gasteiger partial charge >= 0.3 is 6.09 Å². The summed E-state index contributed by atoms with van der Waals surface area (Å²) in [7, 11) is 1.57. The van der Waals surface area contributed by atoms with Crippen molar-refractivity contribution in [2.24, 2.45) is 0 Å². The molecule has 4 rings (SSSR count). The van der Waals surface area contributed by atoms with Crippen molar-refractivity contribution in [3.63, 3.8) is 0 Å². The van der Waals surface area contributed by atoms with E-state index in [-0.39, 0.29) is 24.6 Å². The average Bonchev–Trinajstić information content (AvgIpc) is 2.95. The first kappa shape index (κ1) is 31.0. The molecule has 0 unspecified atom stereocenters. The summed E-state index contributed by atoms with van der Waals surface area (Å²) < 4.78 is 45.2. The SMILES string of the molecule is COc1ccc2nccc(CC[C@H]3CC[C@@H](N(C/C=C/c4cc(F)ccc4F)C(=O)OC(C)(C)C)[C@H](CC=O)O3)c2n1. The first-order valence-corrected chi connectivity index (χ1v) is 14.1. The van der Waals surface area contributed by atoms with Crippen molar-refractivity contribution < 1.29 is 32.6 Å². The Bertz CT molecular complexity index is 1430. The molecule has 1 amide bonds. The molecule has 1 fully saturated rings. The van der Waals surface area contributed by atoms with Crippen LogP contribution in [0.2, 0.25) is 0 Å². The van der Waals surface area contributed by atoms with Crippen LogP contribution in [0.1, 0.15) is 57.6 Å². The minimum atomic E-state index is -0.754. The molecule has 0 bridgehead atoms. The van der Waals surface area contributed by atoms with Crippen LogP contribution in [-0.4, -0.2) is 64.8 Å². The number of hydrogen-bond acceptors (Lipinski definition) is 7. The van der Waals surface area contributed by atoms with Gasteiger partial charge in [-0.15, -0.1) is 0 Å². The number of aldehydes is 1. The standard InChI is InChI=1S/C32H37F2N3O5/c1-32(2,3)42-31(39)37(18-5-6-22-20-23(33)8-11-25(22)34)27-13-10-24(41-28(27)16-19-38)9-7-21-15-17-35-26-12-14-29(40-4)36-30(21)26/h5-6,8,11-12,14-15,17,19-20,24,27-28H,7,9-10,13,16,18H2,1-4H3/b6-5+/t24-,27+,28-/m0/s1. The molecule has 0 spiro atoms. The number of rotatable bonds is 10. The fraction of sp³-hybridized carbons (Fsp3) is 0.438. The quantitative estimate of drug-likeness (QED) is 0.259. The van der Waals surface area contributed by atoms with Crippen molar-refractivity contribution in [2.75, 3.05) is 13.7 Å². The number of amides is 1. The zero-order valence-corrected chi connectivity index (χ0v) is 24.4. The van der Waals surface area contributed by atoms with Gasteiger partial charge < -0.3 is 19.0 Å². The zero-order chi connectivity index (χ0) is 30.3. The molecule has 224 valence electrons. The summed E-state index contributed by atoms with van der Waals surface area (Å²) in [6.45, 7) is 5.37. The summed E-state index contributed by atoms with van der Waals surface area (Å²) in [4.78, 5) is 35.4. The molecule has 3 atom stereocenters. The van der Waals surface area contributed by atoms with Gasteiger partial charge in [0.15, 0.2) is 0 Å². The van der Waals surface area contributed by atoms with E-state index >= 15 is 0 Å². The maximum atomic E-state index is 14.2. The first-order chi connectivity index (χ1) is 20.1. The van der Waals surface area contributed by atoms with E-state index in [2.05, 4.69) is 9.97 Å². The van der Waals surface area contributed by atoms with Gasteiger partial charge in [0.05, 0.1) is 36.4 Å². The van der Waals surface area contributed by atoms with Gasteiger partial charge in [-0.05, 0) is 82.3 Å². The number of aryl methyl sites for hydroxylation is 1. The van der Waals surface area contributed by atoms with Crippen LogP contribution < -0.4 is 4.74 Å². The summed E-state index contributed by atoms with van der Waals surface area (Å²) in [5.74, 6) is -0.627. The average molecular weight is 582 g/mol. The Kier molecular flexibility index (Phi) is 10.2. The van der Waals surface area contributed by atoms with E-state index in [4.69, 9.17) is 14.2 Å². The number of benzene rings is 1. The number of nitrogens with zero attached hydrogens (tertiary/aromatic N) is 3. The second-order valence-corrected chi connectivity index (χ2v) is 11.3. The molecule has 3 aromatic rings. The Morgan fingerprint density at radius 1 is 1.17 bits per heavy atom. The fourth-order valence-electron chi connectivity index (χ4n) is 5.12. The topological polar surface area (TPSA) is 90.8 Å². The number of carbonyl (C=O) groups is 2.